The minimum absolute atomic E-state index is 0.326. The van der Waals surface area contributed by atoms with Crippen LogP contribution in [0.25, 0.3) is 0 Å². The maximum absolute atomic E-state index is 12.2. The summed E-state index contributed by atoms with van der Waals surface area (Å²) in [7, 11) is 0. The molecule has 1 saturated heterocycles. The van der Waals surface area contributed by atoms with Crippen molar-refractivity contribution in [2.24, 2.45) is 5.92 Å². The summed E-state index contributed by atoms with van der Waals surface area (Å²) in [5, 5.41) is 1.95. The second-order valence-corrected chi connectivity index (χ2v) is 5.27. The van der Waals surface area contributed by atoms with Crippen LogP contribution in [-0.2, 0) is 4.79 Å². The Labute approximate surface area is 132 Å². The zero-order valence-electron chi connectivity index (χ0n) is 12.8. The summed E-state index contributed by atoms with van der Waals surface area (Å²) in [4.78, 5) is 21.9. The SMILES string of the molecule is CCOc1cc(N2CCC[C@H](C(=O)NCC(F)(F)F)C2)ncn1. The highest BCUT2D eigenvalue weighted by Gasteiger charge is 2.31. The quantitative estimate of drug-likeness (QED) is 0.890. The topological polar surface area (TPSA) is 67.3 Å². The highest BCUT2D eigenvalue weighted by molar-refractivity contribution is 5.79. The van der Waals surface area contributed by atoms with E-state index in [1.807, 2.05) is 17.1 Å². The van der Waals surface area contributed by atoms with Gasteiger partial charge in [0.15, 0.2) is 0 Å². The first-order valence-electron chi connectivity index (χ1n) is 7.43. The number of carbonyl (C=O) groups is 1. The Hall–Kier alpha value is -2.06. The second-order valence-electron chi connectivity index (χ2n) is 5.27. The third kappa shape index (κ3) is 5.26. The molecular formula is C14H19F3N4O2. The Morgan fingerprint density at radius 2 is 2.26 bits per heavy atom. The van der Waals surface area contributed by atoms with Crippen LogP contribution in [-0.4, -0.2) is 48.3 Å². The number of rotatable bonds is 5. The molecule has 0 unspecified atom stereocenters. The van der Waals surface area contributed by atoms with Gasteiger partial charge in [-0.05, 0) is 19.8 Å². The number of ether oxygens (including phenoxy) is 1. The first-order chi connectivity index (χ1) is 10.9. The third-order valence-electron chi connectivity index (χ3n) is 3.50. The smallest absolute Gasteiger partial charge is 0.405 e. The van der Waals surface area contributed by atoms with Crippen molar-refractivity contribution in [3.05, 3.63) is 12.4 Å². The molecule has 1 aliphatic rings. The fourth-order valence-electron chi connectivity index (χ4n) is 2.46. The van der Waals surface area contributed by atoms with Gasteiger partial charge in [-0.1, -0.05) is 0 Å². The minimum Gasteiger partial charge on any atom is -0.478 e. The van der Waals surface area contributed by atoms with Gasteiger partial charge in [0.25, 0.3) is 0 Å². The molecule has 0 radical (unpaired) electrons. The van der Waals surface area contributed by atoms with Gasteiger partial charge in [-0.15, -0.1) is 0 Å². The van der Waals surface area contributed by atoms with E-state index < -0.39 is 24.5 Å². The molecule has 1 aromatic heterocycles. The summed E-state index contributed by atoms with van der Waals surface area (Å²) >= 11 is 0. The highest BCUT2D eigenvalue weighted by atomic mass is 19.4. The minimum atomic E-state index is -4.40. The van der Waals surface area contributed by atoms with Crippen LogP contribution in [0.3, 0.4) is 0 Å². The summed E-state index contributed by atoms with van der Waals surface area (Å²) in [5.41, 5.74) is 0. The number of hydrogen-bond donors (Lipinski definition) is 1. The molecule has 0 spiro atoms. The molecule has 0 aromatic carbocycles. The molecule has 6 nitrogen and oxygen atoms in total. The van der Waals surface area contributed by atoms with Crippen molar-refractivity contribution < 1.29 is 22.7 Å². The maximum Gasteiger partial charge on any atom is 0.405 e. The van der Waals surface area contributed by atoms with Crippen LogP contribution in [0.1, 0.15) is 19.8 Å². The van der Waals surface area contributed by atoms with E-state index in [9.17, 15) is 18.0 Å². The van der Waals surface area contributed by atoms with Crippen LogP contribution in [0.4, 0.5) is 19.0 Å². The van der Waals surface area contributed by atoms with Crippen LogP contribution in [0.5, 0.6) is 5.88 Å². The molecule has 23 heavy (non-hydrogen) atoms. The molecule has 0 saturated carbocycles. The summed E-state index contributed by atoms with van der Waals surface area (Å²) in [6, 6.07) is 1.67. The number of piperidine rings is 1. The molecule has 1 N–H and O–H groups in total. The largest absolute Gasteiger partial charge is 0.478 e. The maximum atomic E-state index is 12.2. The van der Waals surface area contributed by atoms with E-state index in [2.05, 4.69) is 9.97 Å². The van der Waals surface area contributed by atoms with Crippen molar-refractivity contribution in [3.63, 3.8) is 0 Å². The van der Waals surface area contributed by atoms with E-state index in [-0.39, 0.29) is 0 Å². The number of nitrogens with zero attached hydrogens (tertiary/aromatic N) is 3. The zero-order chi connectivity index (χ0) is 16.9. The Balaban J connectivity index is 1.97. The molecule has 0 aliphatic carbocycles. The van der Waals surface area contributed by atoms with E-state index in [0.717, 1.165) is 0 Å². The standard InChI is InChI=1S/C14H19F3N4O2/c1-2-23-12-6-11(19-9-20-12)21-5-3-4-10(7-21)13(22)18-8-14(15,16)17/h6,9-10H,2-5,7-8H2,1H3,(H,18,22)/t10-/m0/s1. The third-order valence-corrected chi connectivity index (χ3v) is 3.50. The summed E-state index contributed by atoms with van der Waals surface area (Å²) in [6.45, 7) is 2.02. The molecule has 0 bridgehead atoms. The number of anilines is 1. The number of hydrogen-bond acceptors (Lipinski definition) is 5. The summed E-state index contributed by atoms with van der Waals surface area (Å²) in [6.07, 6.45) is -1.77. The van der Waals surface area contributed by atoms with Crippen molar-refractivity contribution in [1.82, 2.24) is 15.3 Å². The van der Waals surface area contributed by atoms with E-state index >= 15 is 0 Å². The number of alkyl halides is 3. The Morgan fingerprint density at radius 1 is 1.48 bits per heavy atom. The molecule has 1 aliphatic heterocycles. The van der Waals surface area contributed by atoms with E-state index in [1.165, 1.54) is 6.33 Å². The molecule has 2 rings (SSSR count). The summed E-state index contributed by atoms with van der Waals surface area (Å²) < 4.78 is 41.9. The molecule has 128 valence electrons. The summed E-state index contributed by atoms with van der Waals surface area (Å²) in [5.74, 6) is -0.0272. The lowest BCUT2D eigenvalue weighted by Crippen LogP contribution is -2.45. The Kier molecular flexibility index (Phi) is 5.62. The van der Waals surface area contributed by atoms with Crippen molar-refractivity contribution in [2.75, 3.05) is 31.1 Å². The molecule has 1 fully saturated rings. The van der Waals surface area contributed by atoms with Gasteiger partial charge in [0.1, 0.15) is 18.7 Å². The van der Waals surface area contributed by atoms with Gasteiger partial charge >= 0.3 is 6.18 Å². The van der Waals surface area contributed by atoms with E-state index in [1.54, 1.807) is 6.07 Å². The highest BCUT2D eigenvalue weighted by Crippen LogP contribution is 2.24. The average Bonchev–Trinajstić information content (AvgIpc) is 2.53. The second kappa shape index (κ2) is 7.47. The average molecular weight is 332 g/mol. The molecular weight excluding hydrogens is 313 g/mol. The first kappa shape index (κ1) is 17.3. The predicted molar refractivity (Wildman–Crippen MR) is 77.2 cm³/mol. The number of amides is 1. The van der Waals surface area contributed by atoms with Crippen molar-refractivity contribution in [3.8, 4) is 5.88 Å². The number of nitrogens with one attached hydrogen (secondary N) is 1. The molecule has 1 atom stereocenters. The van der Waals surface area contributed by atoms with E-state index in [0.29, 0.717) is 44.2 Å². The van der Waals surface area contributed by atoms with Gasteiger partial charge in [-0.3, -0.25) is 4.79 Å². The van der Waals surface area contributed by atoms with Gasteiger partial charge < -0.3 is 15.0 Å². The monoisotopic (exact) mass is 332 g/mol. The molecule has 9 heteroatoms. The number of halogens is 3. The van der Waals surface area contributed by atoms with Crippen LogP contribution in [0.15, 0.2) is 12.4 Å². The fraction of sp³-hybridized carbons (Fsp3) is 0.643. The van der Waals surface area contributed by atoms with Gasteiger partial charge in [-0.2, -0.15) is 13.2 Å². The van der Waals surface area contributed by atoms with Crippen molar-refractivity contribution >= 4 is 11.7 Å². The van der Waals surface area contributed by atoms with Crippen LogP contribution < -0.4 is 15.0 Å². The van der Waals surface area contributed by atoms with Gasteiger partial charge in [0, 0.05) is 19.2 Å². The van der Waals surface area contributed by atoms with Crippen molar-refractivity contribution in [1.29, 1.82) is 0 Å². The van der Waals surface area contributed by atoms with Crippen LogP contribution in [0.2, 0.25) is 0 Å². The normalized spacial score (nSPS) is 18.6. The number of carbonyl (C=O) groups excluding carboxylic acids is 1. The van der Waals surface area contributed by atoms with Gasteiger partial charge in [-0.25, -0.2) is 9.97 Å². The first-order valence-corrected chi connectivity index (χ1v) is 7.43. The predicted octanol–water partition coefficient (Wildman–Crippen LogP) is 1.77. The number of aromatic nitrogens is 2. The van der Waals surface area contributed by atoms with Gasteiger partial charge in [0.05, 0.1) is 12.5 Å². The lowest BCUT2D eigenvalue weighted by Gasteiger charge is -2.32. The molecule has 1 amide bonds. The van der Waals surface area contributed by atoms with Crippen molar-refractivity contribution in [2.45, 2.75) is 25.9 Å². The lowest BCUT2D eigenvalue weighted by molar-refractivity contribution is -0.140. The van der Waals surface area contributed by atoms with Crippen LogP contribution in [0, 0.1) is 5.92 Å². The molecule has 1 aromatic rings. The van der Waals surface area contributed by atoms with Gasteiger partial charge in [0.2, 0.25) is 11.8 Å². The fourth-order valence-corrected chi connectivity index (χ4v) is 2.46. The molecule has 2 heterocycles. The zero-order valence-corrected chi connectivity index (χ0v) is 12.8. The van der Waals surface area contributed by atoms with E-state index in [4.69, 9.17) is 4.74 Å². The Bertz CT molecular complexity index is 539. The Morgan fingerprint density at radius 3 is 2.96 bits per heavy atom. The van der Waals surface area contributed by atoms with Crippen LogP contribution >= 0.6 is 0 Å². The lowest BCUT2D eigenvalue weighted by atomic mass is 9.97.